The molecule has 0 unspecified atom stereocenters. The average molecular weight is 470 g/mol. The van der Waals surface area contributed by atoms with Crippen LogP contribution in [0.5, 0.6) is 11.5 Å². The number of ether oxygens (including phenoxy) is 1. The minimum absolute atomic E-state index is 0.0807. The van der Waals surface area contributed by atoms with Crippen molar-refractivity contribution < 1.29 is 9.53 Å². The Labute approximate surface area is 196 Å². The molecule has 2 aromatic carbocycles. The van der Waals surface area contributed by atoms with Crippen molar-refractivity contribution in [1.82, 2.24) is 14.8 Å². The summed E-state index contributed by atoms with van der Waals surface area (Å²) in [6.45, 7) is 2.07. The van der Waals surface area contributed by atoms with Gasteiger partial charge in [0.25, 0.3) is 0 Å². The number of halogens is 1. The van der Waals surface area contributed by atoms with Crippen LogP contribution in [-0.2, 0) is 4.79 Å². The van der Waals surface area contributed by atoms with E-state index in [9.17, 15) is 4.79 Å². The van der Waals surface area contributed by atoms with Gasteiger partial charge in [0.2, 0.25) is 11.9 Å². The predicted octanol–water partition coefficient (Wildman–Crippen LogP) is 5.39. The normalized spacial score (nSPS) is 15.7. The number of carbonyl (C=O) groups excluding carboxylic acids is 1. The molecular weight excluding hydrogens is 446 g/mol. The molecule has 2 fully saturated rings. The number of hydrogen-bond acceptors (Lipinski definition) is 6. The summed E-state index contributed by atoms with van der Waals surface area (Å²) in [7, 11) is 0. The number of thioether (sulfide) groups is 1. The molecule has 0 radical (unpaired) electrons. The van der Waals surface area contributed by atoms with Gasteiger partial charge in [-0.25, -0.2) is 0 Å². The van der Waals surface area contributed by atoms with Crippen molar-refractivity contribution in [3.05, 3.63) is 53.6 Å². The maximum Gasteiger partial charge on any atom is 0.234 e. The maximum absolute atomic E-state index is 12.5. The molecule has 5 rings (SSSR count). The highest BCUT2D eigenvalue weighted by Crippen LogP contribution is 2.41. The van der Waals surface area contributed by atoms with Crippen LogP contribution in [-0.4, -0.2) is 39.5 Å². The summed E-state index contributed by atoms with van der Waals surface area (Å²) in [5.74, 6) is 2.40. The minimum atomic E-state index is -0.0807. The number of benzene rings is 2. The second-order valence-electron chi connectivity index (χ2n) is 7.97. The second-order valence-corrected chi connectivity index (χ2v) is 9.32. The molecule has 166 valence electrons. The third-order valence-corrected chi connectivity index (χ3v) is 6.74. The van der Waals surface area contributed by atoms with Crippen LogP contribution in [0.1, 0.15) is 31.7 Å². The van der Waals surface area contributed by atoms with Crippen LogP contribution in [0, 0.1) is 0 Å². The summed E-state index contributed by atoms with van der Waals surface area (Å²) in [5, 5.41) is 13.1. The second kappa shape index (κ2) is 9.42. The molecule has 0 spiro atoms. The highest BCUT2D eigenvalue weighted by molar-refractivity contribution is 7.99. The van der Waals surface area contributed by atoms with E-state index in [1.54, 1.807) is 18.2 Å². The van der Waals surface area contributed by atoms with Gasteiger partial charge < -0.3 is 15.0 Å². The lowest BCUT2D eigenvalue weighted by atomic mass is 10.3. The third-order valence-electron chi connectivity index (χ3n) is 5.48. The Morgan fingerprint density at radius 1 is 1.09 bits per heavy atom. The lowest BCUT2D eigenvalue weighted by Gasteiger charge is -2.17. The third kappa shape index (κ3) is 4.86. The topological polar surface area (TPSA) is 72.3 Å². The summed E-state index contributed by atoms with van der Waals surface area (Å²) in [6, 6.07) is 15.0. The monoisotopic (exact) mass is 469 g/mol. The summed E-state index contributed by atoms with van der Waals surface area (Å²) in [4.78, 5) is 14.8. The molecule has 1 saturated carbocycles. The van der Waals surface area contributed by atoms with E-state index in [-0.39, 0.29) is 11.7 Å². The van der Waals surface area contributed by atoms with E-state index in [2.05, 4.69) is 25.0 Å². The Morgan fingerprint density at radius 3 is 2.56 bits per heavy atom. The smallest absolute Gasteiger partial charge is 0.234 e. The van der Waals surface area contributed by atoms with Gasteiger partial charge in [0.1, 0.15) is 11.5 Å². The number of hydrogen-bond donors (Lipinski definition) is 1. The number of carbonyl (C=O) groups is 1. The van der Waals surface area contributed by atoms with Gasteiger partial charge in [-0.2, -0.15) is 0 Å². The van der Waals surface area contributed by atoms with Gasteiger partial charge in [-0.05, 0) is 62.1 Å². The van der Waals surface area contributed by atoms with Crippen LogP contribution < -0.4 is 15.0 Å². The van der Waals surface area contributed by atoms with Gasteiger partial charge in [-0.15, -0.1) is 10.2 Å². The number of amides is 1. The Morgan fingerprint density at radius 2 is 1.84 bits per heavy atom. The highest BCUT2D eigenvalue weighted by atomic mass is 35.5. The SMILES string of the molecule is O=C(CSc1nnc(N2CCCC2)n1C1CC1)Nc1ccc(Oc2ccccc2Cl)cc1. The van der Waals surface area contributed by atoms with Crippen molar-refractivity contribution in [2.45, 2.75) is 36.9 Å². The molecule has 2 aliphatic rings. The maximum atomic E-state index is 12.5. The molecule has 1 saturated heterocycles. The number of anilines is 2. The molecule has 9 heteroatoms. The first-order chi connectivity index (χ1) is 15.7. The molecule has 1 aliphatic heterocycles. The van der Waals surface area contributed by atoms with Crippen molar-refractivity contribution in [2.24, 2.45) is 0 Å². The van der Waals surface area contributed by atoms with E-state index in [0.29, 0.717) is 28.3 Å². The number of rotatable bonds is 8. The molecule has 1 aliphatic carbocycles. The Balaban J connectivity index is 1.17. The number of para-hydroxylation sites is 1. The quantitative estimate of drug-likeness (QED) is 0.446. The summed E-state index contributed by atoms with van der Waals surface area (Å²) in [5.41, 5.74) is 0.712. The van der Waals surface area contributed by atoms with Crippen LogP contribution in [0.2, 0.25) is 5.02 Å². The Bertz CT molecular complexity index is 1090. The fraction of sp³-hybridized carbons (Fsp3) is 0.348. The van der Waals surface area contributed by atoms with Crippen molar-refractivity contribution >= 4 is 40.9 Å². The van der Waals surface area contributed by atoms with E-state index in [1.165, 1.54) is 24.6 Å². The minimum Gasteiger partial charge on any atom is -0.456 e. The highest BCUT2D eigenvalue weighted by Gasteiger charge is 2.32. The number of nitrogens with one attached hydrogen (secondary N) is 1. The number of nitrogens with zero attached hydrogens (tertiary/aromatic N) is 4. The van der Waals surface area contributed by atoms with E-state index < -0.39 is 0 Å². The molecule has 1 N–H and O–H groups in total. The van der Waals surface area contributed by atoms with Gasteiger partial charge in [0, 0.05) is 24.8 Å². The van der Waals surface area contributed by atoms with E-state index >= 15 is 0 Å². The molecule has 1 aromatic heterocycles. The van der Waals surface area contributed by atoms with E-state index in [4.69, 9.17) is 16.3 Å². The predicted molar refractivity (Wildman–Crippen MR) is 127 cm³/mol. The largest absolute Gasteiger partial charge is 0.456 e. The van der Waals surface area contributed by atoms with E-state index in [0.717, 1.165) is 37.0 Å². The van der Waals surface area contributed by atoms with Crippen molar-refractivity contribution in [3.63, 3.8) is 0 Å². The lowest BCUT2D eigenvalue weighted by molar-refractivity contribution is -0.113. The molecule has 3 aromatic rings. The molecule has 7 nitrogen and oxygen atoms in total. The van der Waals surface area contributed by atoms with Gasteiger partial charge in [-0.1, -0.05) is 35.5 Å². The van der Waals surface area contributed by atoms with Crippen LogP contribution in [0.15, 0.2) is 53.7 Å². The van der Waals surface area contributed by atoms with Crippen molar-refractivity contribution in [1.29, 1.82) is 0 Å². The van der Waals surface area contributed by atoms with Crippen molar-refractivity contribution in [2.75, 3.05) is 29.1 Å². The molecular formula is C23H24ClN5O2S. The first-order valence-corrected chi connectivity index (χ1v) is 12.2. The zero-order valence-corrected chi connectivity index (χ0v) is 19.1. The molecule has 32 heavy (non-hydrogen) atoms. The fourth-order valence-electron chi connectivity index (χ4n) is 3.74. The van der Waals surface area contributed by atoms with Crippen molar-refractivity contribution in [3.8, 4) is 11.5 Å². The van der Waals surface area contributed by atoms with E-state index in [1.807, 2.05) is 30.3 Å². The van der Waals surface area contributed by atoms with Crippen LogP contribution in [0.3, 0.4) is 0 Å². The standard InChI is InChI=1S/C23H24ClN5O2S/c24-19-5-1-2-6-20(19)31-18-11-7-16(8-12-18)25-21(30)15-32-23-27-26-22(28-13-3-4-14-28)29(23)17-9-10-17/h1-2,5-8,11-12,17H,3-4,9-10,13-15H2,(H,25,30). The van der Waals surface area contributed by atoms with Gasteiger partial charge in [-0.3, -0.25) is 9.36 Å². The Kier molecular flexibility index (Phi) is 6.23. The van der Waals surface area contributed by atoms with Gasteiger partial charge in [0.15, 0.2) is 5.16 Å². The molecule has 1 amide bonds. The average Bonchev–Trinajstić information content (AvgIpc) is 3.31. The fourth-order valence-corrected chi connectivity index (χ4v) is 4.72. The summed E-state index contributed by atoms with van der Waals surface area (Å²) in [6.07, 6.45) is 4.71. The zero-order valence-electron chi connectivity index (χ0n) is 17.5. The lowest BCUT2D eigenvalue weighted by Crippen LogP contribution is -2.22. The van der Waals surface area contributed by atoms with Crippen LogP contribution >= 0.6 is 23.4 Å². The van der Waals surface area contributed by atoms with Crippen LogP contribution in [0.4, 0.5) is 11.6 Å². The summed E-state index contributed by atoms with van der Waals surface area (Å²) >= 11 is 7.57. The molecule has 2 heterocycles. The Hall–Kier alpha value is -2.71. The van der Waals surface area contributed by atoms with Crippen LogP contribution in [0.25, 0.3) is 0 Å². The summed E-state index contributed by atoms with van der Waals surface area (Å²) < 4.78 is 8.02. The first kappa shape index (κ1) is 21.2. The first-order valence-electron chi connectivity index (χ1n) is 10.8. The van der Waals surface area contributed by atoms with Gasteiger partial charge >= 0.3 is 0 Å². The number of aromatic nitrogens is 3. The molecule has 0 atom stereocenters. The zero-order chi connectivity index (χ0) is 21.9. The molecule has 0 bridgehead atoms. The van der Waals surface area contributed by atoms with Gasteiger partial charge in [0.05, 0.1) is 10.8 Å².